The lowest BCUT2D eigenvalue weighted by Crippen LogP contribution is -2.25. The third kappa shape index (κ3) is 3.81. The first kappa shape index (κ1) is 15.0. The molecule has 2 N–H and O–H groups in total. The van der Waals surface area contributed by atoms with E-state index in [-0.39, 0.29) is 17.4 Å². The van der Waals surface area contributed by atoms with E-state index in [2.05, 4.69) is 0 Å². The molecule has 0 fully saturated rings. The van der Waals surface area contributed by atoms with Gasteiger partial charge in [0.1, 0.15) is 0 Å². The van der Waals surface area contributed by atoms with Crippen molar-refractivity contribution in [3.63, 3.8) is 0 Å². The Morgan fingerprint density at radius 1 is 1.00 bits per heavy atom. The quantitative estimate of drug-likeness (QED) is 0.921. The molecule has 0 saturated carbocycles. The standard InChI is InChI=1S/C16H21NO2S/c1-12(2)10-20(18,19)11-16(17)15-8-7-13-5-3-4-6-14(13)9-15/h3-9,12,16H,10-11,17H2,1-2H3. The van der Waals surface area contributed by atoms with Crippen molar-refractivity contribution in [2.24, 2.45) is 11.7 Å². The van der Waals surface area contributed by atoms with Gasteiger partial charge in [-0.2, -0.15) is 0 Å². The van der Waals surface area contributed by atoms with Gasteiger partial charge in [0.05, 0.1) is 11.5 Å². The lowest BCUT2D eigenvalue weighted by molar-refractivity contribution is 0.575. The third-order valence-corrected chi connectivity index (χ3v) is 5.26. The van der Waals surface area contributed by atoms with Crippen molar-refractivity contribution in [1.29, 1.82) is 0 Å². The zero-order valence-electron chi connectivity index (χ0n) is 11.9. The average molecular weight is 291 g/mol. The molecular weight excluding hydrogens is 270 g/mol. The lowest BCUT2D eigenvalue weighted by atomic mass is 10.0. The van der Waals surface area contributed by atoms with Crippen molar-refractivity contribution in [2.75, 3.05) is 11.5 Å². The van der Waals surface area contributed by atoms with Crippen molar-refractivity contribution in [2.45, 2.75) is 19.9 Å². The summed E-state index contributed by atoms with van der Waals surface area (Å²) in [6.07, 6.45) is 0. The summed E-state index contributed by atoms with van der Waals surface area (Å²) in [5.41, 5.74) is 6.94. The number of sulfone groups is 1. The highest BCUT2D eigenvalue weighted by Crippen LogP contribution is 2.20. The van der Waals surface area contributed by atoms with Crippen LogP contribution >= 0.6 is 0 Å². The molecule has 1 atom stereocenters. The van der Waals surface area contributed by atoms with E-state index < -0.39 is 15.9 Å². The molecule has 0 heterocycles. The highest BCUT2D eigenvalue weighted by Gasteiger charge is 2.19. The Balaban J connectivity index is 2.21. The molecule has 0 aliphatic carbocycles. The predicted octanol–water partition coefficient (Wildman–Crippen LogP) is 2.91. The van der Waals surface area contributed by atoms with E-state index in [4.69, 9.17) is 5.73 Å². The first-order valence-electron chi connectivity index (χ1n) is 6.82. The minimum Gasteiger partial charge on any atom is -0.323 e. The molecule has 3 nitrogen and oxygen atoms in total. The second kappa shape index (κ2) is 5.94. The Bertz CT molecular complexity index is 692. The number of fused-ring (bicyclic) bond motifs is 1. The molecule has 0 aliphatic heterocycles. The van der Waals surface area contributed by atoms with Gasteiger partial charge in [0.15, 0.2) is 9.84 Å². The SMILES string of the molecule is CC(C)CS(=O)(=O)CC(N)c1ccc2ccccc2c1. The van der Waals surface area contributed by atoms with Crippen LogP contribution in [-0.4, -0.2) is 19.9 Å². The number of hydrogen-bond donors (Lipinski definition) is 1. The van der Waals surface area contributed by atoms with Crippen LogP contribution in [0.3, 0.4) is 0 Å². The lowest BCUT2D eigenvalue weighted by Gasteiger charge is -2.14. The van der Waals surface area contributed by atoms with E-state index in [0.717, 1.165) is 16.3 Å². The van der Waals surface area contributed by atoms with Gasteiger partial charge in [0.2, 0.25) is 0 Å². The molecule has 0 saturated heterocycles. The van der Waals surface area contributed by atoms with Crippen molar-refractivity contribution >= 4 is 20.6 Å². The predicted molar refractivity (Wildman–Crippen MR) is 84.4 cm³/mol. The van der Waals surface area contributed by atoms with Crippen molar-refractivity contribution in [3.8, 4) is 0 Å². The second-order valence-electron chi connectivity index (χ2n) is 5.68. The summed E-state index contributed by atoms with van der Waals surface area (Å²) in [7, 11) is -3.11. The van der Waals surface area contributed by atoms with E-state index in [1.807, 2.05) is 56.3 Å². The minimum absolute atomic E-state index is 0.00349. The van der Waals surface area contributed by atoms with Gasteiger partial charge in [-0.25, -0.2) is 8.42 Å². The monoisotopic (exact) mass is 291 g/mol. The highest BCUT2D eigenvalue weighted by atomic mass is 32.2. The molecule has 0 aromatic heterocycles. The zero-order chi connectivity index (χ0) is 14.8. The van der Waals surface area contributed by atoms with Crippen LogP contribution in [0.25, 0.3) is 10.8 Å². The molecule has 0 spiro atoms. The maximum absolute atomic E-state index is 12.0. The van der Waals surface area contributed by atoms with Gasteiger partial charge in [-0.1, -0.05) is 50.2 Å². The fourth-order valence-corrected chi connectivity index (χ4v) is 4.28. The van der Waals surface area contributed by atoms with Gasteiger partial charge in [-0.05, 0) is 28.3 Å². The molecule has 2 aromatic carbocycles. The molecule has 4 heteroatoms. The van der Waals surface area contributed by atoms with Crippen molar-refractivity contribution < 1.29 is 8.42 Å². The molecule has 0 radical (unpaired) electrons. The minimum atomic E-state index is -3.11. The fourth-order valence-electron chi connectivity index (χ4n) is 2.38. The summed E-state index contributed by atoms with van der Waals surface area (Å²) in [4.78, 5) is 0. The third-order valence-electron chi connectivity index (χ3n) is 3.22. The maximum Gasteiger partial charge on any atom is 0.152 e. The van der Waals surface area contributed by atoms with E-state index in [1.165, 1.54) is 0 Å². The zero-order valence-corrected chi connectivity index (χ0v) is 12.7. The van der Waals surface area contributed by atoms with Crippen LogP contribution in [0.15, 0.2) is 42.5 Å². The Labute approximate surface area is 120 Å². The molecule has 2 rings (SSSR count). The highest BCUT2D eigenvalue weighted by molar-refractivity contribution is 7.91. The smallest absolute Gasteiger partial charge is 0.152 e. The molecule has 0 bridgehead atoms. The number of rotatable bonds is 5. The van der Waals surface area contributed by atoms with Crippen LogP contribution in [0.5, 0.6) is 0 Å². The molecule has 0 aliphatic rings. The van der Waals surface area contributed by atoms with Crippen LogP contribution < -0.4 is 5.73 Å². The summed E-state index contributed by atoms with van der Waals surface area (Å²) in [6, 6.07) is 13.4. The Kier molecular flexibility index (Phi) is 4.45. The summed E-state index contributed by atoms with van der Waals surface area (Å²) in [5.74, 6) is 0.321. The molecular formula is C16H21NO2S. The Hall–Kier alpha value is -1.39. The average Bonchev–Trinajstić information content (AvgIpc) is 2.36. The fraction of sp³-hybridized carbons (Fsp3) is 0.375. The van der Waals surface area contributed by atoms with Gasteiger partial charge in [0, 0.05) is 6.04 Å². The van der Waals surface area contributed by atoms with Crippen molar-refractivity contribution in [3.05, 3.63) is 48.0 Å². The van der Waals surface area contributed by atoms with Crippen LogP contribution in [0.1, 0.15) is 25.5 Å². The molecule has 1 unspecified atom stereocenters. The maximum atomic E-state index is 12.0. The van der Waals surface area contributed by atoms with E-state index in [9.17, 15) is 8.42 Å². The number of benzene rings is 2. The first-order valence-corrected chi connectivity index (χ1v) is 8.64. The van der Waals surface area contributed by atoms with Gasteiger partial charge in [-0.15, -0.1) is 0 Å². The van der Waals surface area contributed by atoms with Gasteiger partial charge in [0.25, 0.3) is 0 Å². The summed E-state index contributed by atoms with van der Waals surface area (Å²) < 4.78 is 24.0. The van der Waals surface area contributed by atoms with E-state index in [0.29, 0.717) is 0 Å². The van der Waals surface area contributed by atoms with Crippen LogP contribution in [0, 0.1) is 5.92 Å². The topological polar surface area (TPSA) is 60.2 Å². The normalized spacial score (nSPS) is 13.8. The molecule has 0 amide bonds. The Morgan fingerprint density at radius 2 is 1.65 bits per heavy atom. The Morgan fingerprint density at radius 3 is 2.30 bits per heavy atom. The van der Waals surface area contributed by atoms with Crippen LogP contribution in [-0.2, 0) is 9.84 Å². The van der Waals surface area contributed by atoms with Gasteiger partial charge >= 0.3 is 0 Å². The second-order valence-corrected chi connectivity index (χ2v) is 7.84. The van der Waals surface area contributed by atoms with E-state index in [1.54, 1.807) is 0 Å². The summed E-state index contributed by atoms with van der Waals surface area (Å²) >= 11 is 0. The number of nitrogens with two attached hydrogens (primary N) is 1. The van der Waals surface area contributed by atoms with E-state index >= 15 is 0 Å². The first-order chi connectivity index (χ1) is 9.37. The molecule has 2 aromatic rings. The molecule has 108 valence electrons. The van der Waals surface area contributed by atoms with Crippen LogP contribution in [0.2, 0.25) is 0 Å². The van der Waals surface area contributed by atoms with Gasteiger partial charge < -0.3 is 5.73 Å². The summed E-state index contributed by atoms with van der Waals surface area (Å²) in [6.45, 7) is 3.80. The molecule has 20 heavy (non-hydrogen) atoms. The summed E-state index contributed by atoms with van der Waals surface area (Å²) in [5, 5.41) is 2.22. The number of hydrogen-bond acceptors (Lipinski definition) is 3. The van der Waals surface area contributed by atoms with Crippen LogP contribution in [0.4, 0.5) is 0 Å². The largest absolute Gasteiger partial charge is 0.323 e. The van der Waals surface area contributed by atoms with Crippen molar-refractivity contribution in [1.82, 2.24) is 0 Å². The van der Waals surface area contributed by atoms with Gasteiger partial charge in [-0.3, -0.25) is 0 Å².